The maximum atomic E-state index is 9.06. The lowest BCUT2D eigenvalue weighted by molar-refractivity contribution is 0.408. The Morgan fingerprint density at radius 3 is 2.34 bits per heavy atom. The van der Waals surface area contributed by atoms with Crippen LogP contribution < -0.4 is 9.47 Å². The van der Waals surface area contributed by atoms with E-state index in [9.17, 15) is 0 Å². The average molecular weight is 429 g/mol. The summed E-state index contributed by atoms with van der Waals surface area (Å²) in [4.78, 5) is 8.81. The Morgan fingerprint density at radius 1 is 1.00 bits per heavy atom. The number of aryl methyl sites for hydroxylation is 2. The van der Waals surface area contributed by atoms with Crippen LogP contribution in [0.15, 0.2) is 36.7 Å². The van der Waals surface area contributed by atoms with Crippen molar-refractivity contribution in [2.45, 2.75) is 20.3 Å². The SMILES string of the molecule is COc1c(Cc2cc(-n3nc(C)c(OC)c3C)ncn2)nn(C)c1-c1ccc(C#N)cc1. The Balaban J connectivity index is 1.70. The molecule has 0 atom stereocenters. The lowest BCUT2D eigenvalue weighted by Crippen LogP contribution is -2.05. The summed E-state index contributed by atoms with van der Waals surface area (Å²) in [6.45, 7) is 3.83. The van der Waals surface area contributed by atoms with Crippen LogP contribution in [0.25, 0.3) is 17.1 Å². The highest BCUT2D eigenvalue weighted by atomic mass is 16.5. The normalized spacial score (nSPS) is 10.8. The topological polar surface area (TPSA) is 104 Å². The van der Waals surface area contributed by atoms with E-state index in [0.717, 1.165) is 39.8 Å². The van der Waals surface area contributed by atoms with Crippen LogP contribution in [0.5, 0.6) is 11.5 Å². The van der Waals surface area contributed by atoms with E-state index in [4.69, 9.17) is 14.7 Å². The highest BCUT2D eigenvalue weighted by molar-refractivity contribution is 5.69. The van der Waals surface area contributed by atoms with Crippen LogP contribution in [0.4, 0.5) is 0 Å². The van der Waals surface area contributed by atoms with Crippen LogP contribution in [0.1, 0.15) is 28.3 Å². The Morgan fingerprint density at radius 2 is 1.72 bits per heavy atom. The molecule has 0 radical (unpaired) electrons. The van der Waals surface area contributed by atoms with Crippen LogP contribution in [-0.4, -0.2) is 43.7 Å². The van der Waals surface area contributed by atoms with Crippen molar-refractivity contribution in [1.82, 2.24) is 29.5 Å². The molecule has 9 heteroatoms. The van der Waals surface area contributed by atoms with E-state index in [1.807, 2.05) is 39.1 Å². The molecule has 162 valence electrons. The third-order valence-corrected chi connectivity index (χ3v) is 5.27. The van der Waals surface area contributed by atoms with E-state index >= 15 is 0 Å². The van der Waals surface area contributed by atoms with Gasteiger partial charge in [0.05, 0.1) is 37.2 Å². The van der Waals surface area contributed by atoms with Gasteiger partial charge in [0.2, 0.25) is 0 Å². The zero-order valence-corrected chi connectivity index (χ0v) is 18.6. The molecule has 3 heterocycles. The lowest BCUT2D eigenvalue weighted by atomic mass is 10.1. The Hall–Kier alpha value is -4.19. The molecule has 32 heavy (non-hydrogen) atoms. The first kappa shape index (κ1) is 21.1. The first-order valence-corrected chi connectivity index (χ1v) is 9.98. The van der Waals surface area contributed by atoms with Gasteiger partial charge in [-0.15, -0.1) is 0 Å². The van der Waals surface area contributed by atoms with E-state index in [2.05, 4.69) is 26.2 Å². The Labute approximate surface area is 185 Å². The van der Waals surface area contributed by atoms with Crippen molar-refractivity contribution in [3.05, 3.63) is 65.0 Å². The number of benzene rings is 1. The number of methoxy groups -OCH3 is 2. The van der Waals surface area contributed by atoms with E-state index in [0.29, 0.717) is 23.6 Å². The molecule has 0 bridgehead atoms. The molecule has 0 aliphatic heterocycles. The van der Waals surface area contributed by atoms with Crippen LogP contribution >= 0.6 is 0 Å². The summed E-state index contributed by atoms with van der Waals surface area (Å²) in [6, 6.07) is 11.4. The van der Waals surface area contributed by atoms with Gasteiger partial charge in [0.25, 0.3) is 0 Å². The quantitative estimate of drug-likeness (QED) is 0.464. The van der Waals surface area contributed by atoms with E-state index in [-0.39, 0.29) is 0 Å². The summed E-state index contributed by atoms with van der Waals surface area (Å²) >= 11 is 0. The second-order valence-electron chi connectivity index (χ2n) is 7.30. The molecule has 0 amide bonds. The van der Waals surface area contributed by atoms with Crippen LogP contribution in [0.3, 0.4) is 0 Å². The predicted molar refractivity (Wildman–Crippen MR) is 118 cm³/mol. The summed E-state index contributed by atoms with van der Waals surface area (Å²) in [5, 5.41) is 18.3. The van der Waals surface area contributed by atoms with Crippen LogP contribution in [0, 0.1) is 25.2 Å². The molecule has 0 aliphatic carbocycles. The highest BCUT2D eigenvalue weighted by Crippen LogP contribution is 2.34. The number of hydrogen-bond donors (Lipinski definition) is 0. The maximum absolute atomic E-state index is 9.06. The maximum Gasteiger partial charge on any atom is 0.168 e. The largest absolute Gasteiger partial charge is 0.493 e. The van der Waals surface area contributed by atoms with Gasteiger partial charge in [-0.2, -0.15) is 15.5 Å². The molecule has 9 nitrogen and oxygen atoms in total. The molecule has 0 N–H and O–H groups in total. The Bertz CT molecular complexity index is 1310. The monoisotopic (exact) mass is 429 g/mol. The van der Waals surface area contributed by atoms with Gasteiger partial charge in [0, 0.05) is 25.1 Å². The second-order valence-corrected chi connectivity index (χ2v) is 7.30. The summed E-state index contributed by atoms with van der Waals surface area (Å²) < 4.78 is 14.7. The summed E-state index contributed by atoms with van der Waals surface area (Å²) in [5.41, 5.74) is 5.56. The lowest BCUT2D eigenvalue weighted by Gasteiger charge is -2.07. The molecule has 0 fully saturated rings. The Kier molecular flexibility index (Phi) is 5.60. The standard InChI is InChI=1S/C23H23N7O2/c1-14-22(31-4)15(2)30(27-14)20-11-18(25-13-26-20)10-19-23(32-5)21(29(3)28-19)17-8-6-16(12-24)7-9-17/h6-9,11,13H,10H2,1-5H3. The fourth-order valence-electron chi connectivity index (χ4n) is 3.83. The molecule has 3 aromatic heterocycles. The number of hydrogen-bond acceptors (Lipinski definition) is 7. The first-order chi connectivity index (χ1) is 15.5. The van der Waals surface area contributed by atoms with Gasteiger partial charge >= 0.3 is 0 Å². The van der Waals surface area contributed by atoms with E-state index in [1.165, 1.54) is 6.33 Å². The van der Waals surface area contributed by atoms with Gasteiger partial charge < -0.3 is 9.47 Å². The van der Waals surface area contributed by atoms with Crippen molar-refractivity contribution in [1.29, 1.82) is 5.26 Å². The first-order valence-electron chi connectivity index (χ1n) is 9.98. The zero-order valence-electron chi connectivity index (χ0n) is 18.6. The molecule has 1 aromatic carbocycles. The minimum absolute atomic E-state index is 0.458. The van der Waals surface area contributed by atoms with Crippen molar-refractivity contribution in [2.24, 2.45) is 7.05 Å². The molecule has 0 spiro atoms. The van der Waals surface area contributed by atoms with Crippen LogP contribution in [0.2, 0.25) is 0 Å². The van der Waals surface area contributed by atoms with Crippen molar-refractivity contribution >= 4 is 0 Å². The average Bonchev–Trinajstić information content (AvgIpc) is 3.28. The van der Waals surface area contributed by atoms with Crippen molar-refractivity contribution in [3.63, 3.8) is 0 Å². The minimum Gasteiger partial charge on any atom is -0.493 e. The number of nitrogens with zero attached hydrogens (tertiary/aromatic N) is 7. The summed E-state index contributed by atoms with van der Waals surface area (Å²) in [7, 11) is 5.12. The predicted octanol–water partition coefficient (Wildman–Crippen LogP) is 3.16. The molecule has 4 aromatic rings. The molecule has 0 saturated heterocycles. The molecule has 0 aliphatic rings. The van der Waals surface area contributed by atoms with Gasteiger partial charge in [-0.25, -0.2) is 14.6 Å². The number of ether oxygens (including phenoxy) is 2. The molecule has 0 saturated carbocycles. The van der Waals surface area contributed by atoms with Crippen LogP contribution in [-0.2, 0) is 13.5 Å². The highest BCUT2D eigenvalue weighted by Gasteiger charge is 2.20. The minimum atomic E-state index is 0.458. The molecule has 4 rings (SSSR count). The fraction of sp³-hybridized carbons (Fsp3) is 0.261. The van der Waals surface area contributed by atoms with E-state index < -0.39 is 0 Å². The number of aromatic nitrogens is 6. The van der Waals surface area contributed by atoms with Crippen molar-refractivity contribution in [2.75, 3.05) is 14.2 Å². The van der Waals surface area contributed by atoms with Crippen molar-refractivity contribution in [3.8, 4) is 34.6 Å². The fourth-order valence-corrected chi connectivity index (χ4v) is 3.83. The van der Waals surface area contributed by atoms with Crippen molar-refractivity contribution < 1.29 is 9.47 Å². The van der Waals surface area contributed by atoms with Gasteiger partial charge in [0.15, 0.2) is 17.3 Å². The summed E-state index contributed by atoms with van der Waals surface area (Å²) in [6.07, 6.45) is 1.98. The summed E-state index contributed by atoms with van der Waals surface area (Å²) in [5.74, 6) is 2.06. The third kappa shape index (κ3) is 3.67. The number of nitriles is 1. The third-order valence-electron chi connectivity index (χ3n) is 5.27. The molecular weight excluding hydrogens is 406 g/mol. The van der Waals surface area contributed by atoms with Gasteiger partial charge in [0.1, 0.15) is 23.4 Å². The van der Waals surface area contributed by atoms with Gasteiger partial charge in [-0.05, 0) is 26.0 Å². The molecular formula is C23H23N7O2. The zero-order chi connectivity index (χ0) is 22.8. The smallest absolute Gasteiger partial charge is 0.168 e. The second kappa shape index (κ2) is 8.51. The molecule has 0 unspecified atom stereocenters. The van der Waals surface area contributed by atoms with E-state index in [1.54, 1.807) is 35.7 Å². The van der Waals surface area contributed by atoms with Gasteiger partial charge in [-0.1, -0.05) is 12.1 Å². The number of rotatable bonds is 6. The van der Waals surface area contributed by atoms with Gasteiger partial charge in [-0.3, -0.25) is 4.68 Å².